The lowest BCUT2D eigenvalue weighted by molar-refractivity contribution is 0.313. The highest BCUT2D eigenvalue weighted by Gasteiger charge is 2.07. The van der Waals surface area contributed by atoms with Crippen molar-refractivity contribution < 1.29 is 18.4 Å². The number of hydrogen-bond acceptors (Lipinski definition) is 5. The minimum Gasteiger partial charge on any atom is -0.497 e. The molecule has 136 valence electrons. The Kier molecular flexibility index (Phi) is 7.53. The highest BCUT2D eigenvalue weighted by Crippen LogP contribution is 2.16. The Morgan fingerprint density at radius 3 is 2.44 bits per heavy atom. The minimum absolute atomic E-state index is 0.200. The molecule has 0 radical (unpaired) electrons. The zero-order chi connectivity index (χ0) is 18.1. The smallest absolute Gasteiger partial charge is 0.223 e. The van der Waals surface area contributed by atoms with Crippen molar-refractivity contribution in [1.82, 2.24) is 4.98 Å². The van der Waals surface area contributed by atoms with E-state index in [-0.39, 0.29) is 11.2 Å². The number of methoxy groups -OCH3 is 1. The van der Waals surface area contributed by atoms with E-state index in [9.17, 15) is 9.00 Å². The Balaban J connectivity index is 1.79. The van der Waals surface area contributed by atoms with Crippen LogP contribution in [0.1, 0.15) is 19.0 Å². The van der Waals surface area contributed by atoms with Gasteiger partial charge in [0.05, 0.1) is 31.8 Å². The first kappa shape index (κ1) is 19.1. The predicted molar refractivity (Wildman–Crippen MR) is 98.1 cm³/mol. The van der Waals surface area contributed by atoms with E-state index in [0.29, 0.717) is 36.2 Å². The predicted octanol–water partition coefficient (Wildman–Crippen LogP) is 2.50. The Morgan fingerprint density at radius 2 is 1.80 bits per heavy atom. The van der Waals surface area contributed by atoms with Gasteiger partial charge in [-0.2, -0.15) is 0 Å². The van der Waals surface area contributed by atoms with Crippen molar-refractivity contribution in [3.63, 3.8) is 0 Å². The molecule has 7 heteroatoms. The van der Waals surface area contributed by atoms with E-state index in [1.54, 1.807) is 31.4 Å². The van der Waals surface area contributed by atoms with Gasteiger partial charge in [-0.1, -0.05) is 6.92 Å². The molecular formula is C18H23NO5S. The van der Waals surface area contributed by atoms with Crippen LogP contribution in [0.4, 0.5) is 0 Å². The number of benzene rings is 1. The maximum absolute atomic E-state index is 12.1. The summed E-state index contributed by atoms with van der Waals surface area (Å²) in [7, 11) is 0.471. The zero-order valence-corrected chi connectivity index (χ0v) is 15.3. The van der Waals surface area contributed by atoms with Crippen molar-refractivity contribution in [2.75, 3.05) is 26.1 Å². The number of nitrogens with one attached hydrogen (secondary N) is 1. The first-order valence-corrected chi connectivity index (χ1v) is 9.57. The quantitative estimate of drug-likeness (QED) is 0.700. The molecule has 6 nitrogen and oxygen atoms in total. The summed E-state index contributed by atoms with van der Waals surface area (Å²) in [5, 5.41) is 0. The van der Waals surface area contributed by atoms with Gasteiger partial charge in [0.1, 0.15) is 11.5 Å². The number of aromatic nitrogens is 1. The van der Waals surface area contributed by atoms with E-state index in [0.717, 1.165) is 12.2 Å². The van der Waals surface area contributed by atoms with E-state index in [2.05, 4.69) is 4.98 Å². The van der Waals surface area contributed by atoms with Crippen molar-refractivity contribution in [2.24, 2.45) is 0 Å². The lowest BCUT2D eigenvalue weighted by atomic mass is 10.3. The Bertz CT molecular complexity index is 742. The maximum atomic E-state index is 12.1. The topological polar surface area (TPSA) is 77.6 Å². The Hall–Kier alpha value is -2.28. The summed E-state index contributed by atoms with van der Waals surface area (Å²) in [5.74, 6) is 2.39. The average Bonchev–Trinajstić information content (AvgIpc) is 2.61. The summed E-state index contributed by atoms with van der Waals surface area (Å²) in [5.41, 5.74) is 0.422. The van der Waals surface area contributed by atoms with Gasteiger partial charge in [0.2, 0.25) is 5.43 Å². The molecule has 0 fully saturated rings. The minimum atomic E-state index is -1.13. The van der Waals surface area contributed by atoms with Crippen LogP contribution in [0.2, 0.25) is 0 Å². The third-order valence-electron chi connectivity index (χ3n) is 3.35. The number of H-pyrrole nitrogens is 1. The molecule has 2 aromatic rings. The monoisotopic (exact) mass is 365 g/mol. The zero-order valence-electron chi connectivity index (χ0n) is 14.4. The van der Waals surface area contributed by atoms with Gasteiger partial charge in [0, 0.05) is 28.8 Å². The van der Waals surface area contributed by atoms with Gasteiger partial charge in [0.25, 0.3) is 0 Å². The van der Waals surface area contributed by atoms with E-state index in [1.165, 1.54) is 12.3 Å². The molecule has 1 N–H and O–H groups in total. The van der Waals surface area contributed by atoms with E-state index >= 15 is 0 Å². The van der Waals surface area contributed by atoms with Crippen molar-refractivity contribution in [1.29, 1.82) is 0 Å². The molecule has 0 aliphatic rings. The fourth-order valence-corrected chi connectivity index (χ4v) is 3.01. The first-order chi connectivity index (χ1) is 12.1. The van der Waals surface area contributed by atoms with Gasteiger partial charge in [0.15, 0.2) is 5.75 Å². The van der Waals surface area contributed by atoms with E-state index < -0.39 is 10.8 Å². The maximum Gasteiger partial charge on any atom is 0.223 e. The molecule has 1 atom stereocenters. The molecule has 0 bridgehead atoms. The number of hydrogen-bond donors (Lipinski definition) is 1. The second-order valence-electron chi connectivity index (χ2n) is 5.35. The van der Waals surface area contributed by atoms with Crippen molar-refractivity contribution >= 4 is 10.8 Å². The van der Waals surface area contributed by atoms with Crippen LogP contribution < -0.4 is 19.6 Å². The van der Waals surface area contributed by atoms with Crippen LogP contribution in [0.25, 0.3) is 0 Å². The van der Waals surface area contributed by atoms with E-state index in [4.69, 9.17) is 14.2 Å². The van der Waals surface area contributed by atoms with Gasteiger partial charge < -0.3 is 19.2 Å². The molecule has 0 saturated heterocycles. The fourth-order valence-electron chi connectivity index (χ4n) is 2.08. The molecule has 1 unspecified atom stereocenters. The number of aromatic amines is 1. The van der Waals surface area contributed by atoms with Crippen LogP contribution in [0.15, 0.2) is 41.3 Å². The third kappa shape index (κ3) is 6.26. The van der Waals surface area contributed by atoms with Gasteiger partial charge in [-0.05, 0) is 30.7 Å². The highest BCUT2D eigenvalue weighted by molar-refractivity contribution is 7.84. The van der Waals surface area contributed by atoms with Crippen LogP contribution >= 0.6 is 0 Å². The van der Waals surface area contributed by atoms with Crippen LogP contribution in [0.3, 0.4) is 0 Å². The summed E-state index contributed by atoms with van der Waals surface area (Å²) in [6.07, 6.45) is 2.36. The molecule has 2 rings (SSSR count). The van der Waals surface area contributed by atoms with Crippen LogP contribution in [0.5, 0.6) is 17.2 Å². The van der Waals surface area contributed by atoms with Crippen LogP contribution in [-0.2, 0) is 16.6 Å². The lowest BCUT2D eigenvalue weighted by Gasteiger charge is -2.08. The van der Waals surface area contributed by atoms with Crippen molar-refractivity contribution in [3.05, 3.63) is 52.4 Å². The summed E-state index contributed by atoms with van der Waals surface area (Å²) < 4.78 is 28.1. The molecular weight excluding hydrogens is 342 g/mol. The van der Waals surface area contributed by atoms with Gasteiger partial charge in [-0.15, -0.1) is 0 Å². The third-order valence-corrected chi connectivity index (χ3v) is 4.61. The summed E-state index contributed by atoms with van der Waals surface area (Å²) in [4.78, 5) is 14.9. The molecule has 1 heterocycles. The number of ether oxygens (including phenoxy) is 3. The summed E-state index contributed by atoms with van der Waals surface area (Å²) in [6, 6.07) is 8.65. The SMILES string of the molecule is CCCOc1c[nH]c(CS(=O)CCOc2ccc(OC)cc2)cc1=O. The standard InChI is InChI=1S/C18H23NO5S/c1-3-8-24-18-12-19-14(11-17(18)20)13-25(21)10-9-23-16-6-4-15(22-2)5-7-16/h4-7,11-12H,3,8-10,13H2,1-2H3,(H,19,20). The molecule has 0 saturated carbocycles. The lowest BCUT2D eigenvalue weighted by Crippen LogP contribution is -2.14. The molecule has 1 aromatic carbocycles. The van der Waals surface area contributed by atoms with Crippen LogP contribution in [0, 0.1) is 0 Å². The van der Waals surface area contributed by atoms with E-state index in [1.807, 2.05) is 6.92 Å². The molecule has 0 spiro atoms. The molecule has 0 aliphatic heterocycles. The Labute approximate surface area is 149 Å². The number of rotatable bonds is 10. The highest BCUT2D eigenvalue weighted by atomic mass is 32.2. The fraction of sp³-hybridized carbons (Fsp3) is 0.389. The van der Waals surface area contributed by atoms with Gasteiger partial charge in [-0.3, -0.25) is 9.00 Å². The summed E-state index contributed by atoms with van der Waals surface area (Å²) in [6.45, 7) is 2.80. The molecule has 0 amide bonds. The second kappa shape index (κ2) is 9.88. The van der Waals surface area contributed by atoms with Gasteiger partial charge >= 0.3 is 0 Å². The second-order valence-corrected chi connectivity index (χ2v) is 6.92. The van der Waals surface area contributed by atoms with Crippen LogP contribution in [-0.4, -0.2) is 35.3 Å². The summed E-state index contributed by atoms with van der Waals surface area (Å²) >= 11 is 0. The largest absolute Gasteiger partial charge is 0.497 e. The number of pyridine rings is 1. The van der Waals surface area contributed by atoms with Gasteiger partial charge in [-0.25, -0.2) is 0 Å². The molecule has 0 aliphatic carbocycles. The Morgan fingerprint density at radius 1 is 1.08 bits per heavy atom. The average molecular weight is 365 g/mol. The van der Waals surface area contributed by atoms with Crippen molar-refractivity contribution in [3.8, 4) is 17.2 Å². The normalized spacial score (nSPS) is 11.8. The molecule has 25 heavy (non-hydrogen) atoms. The first-order valence-electron chi connectivity index (χ1n) is 8.08. The molecule has 1 aromatic heterocycles. The van der Waals surface area contributed by atoms with Crippen molar-refractivity contribution in [2.45, 2.75) is 19.1 Å².